The number of ether oxygens (including phenoxy) is 1. The van der Waals surface area contributed by atoms with Gasteiger partial charge in [0.1, 0.15) is 6.61 Å². The molecule has 3 heteroatoms. The van der Waals surface area contributed by atoms with E-state index < -0.39 is 0 Å². The molecule has 0 unspecified atom stereocenters. The zero-order valence-electron chi connectivity index (χ0n) is 12.8. The van der Waals surface area contributed by atoms with Gasteiger partial charge in [0.15, 0.2) is 0 Å². The predicted molar refractivity (Wildman–Crippen MR) is 87.2 cm³/mol. The fourth-order valence-corrected chi connectivity index (χ4v) is 2.84. The summed E-state index contributed by atoms with van der Waals surface area (Å²) in [4.78, 5) is 11.6. The number of nitrogens with one attached hydrogen (secondary N) is 1. The van der Waals surface area contributed by atoms with E-state index in [1.54, 1.807) is 6.54 Å². The zero-order chi connectivity index (χ0) is 15.4. The first-order valence-electron chi connectivity index (χ1n) is 7.73. The van der Waals surface area contributed by atoms with Crippen molar-refractivity contribution in [1.82, 2.24) is 5.32 Å². The van der Waals surface area contributed by atoms with Crippen LogP contribution in [0.1, 0.15) is 36.5 Å². The third kappa shape index (κ3) is 2.98. The lowest BCUT2D eigenvalue weighted by Crippen LogP contribution is -2.21. The summed E-state index contributed by atoms with van der Waals surface area (Å²) in [7, 11) is 0. The highest BCUT2D eigenvalue weighted by Crippen LogP contribution is 2.38. The molecule has 0 bridgehead atoms. The van der Waals surface area contributed by atoms with Gasteiger partial charge in [-0.05, 0) is 40.7 Å². The molecule has 1 amide bonds. The maximum Gasteiger partial charge on any atom is 0.407 e. The van der Waals surface area contributed by atoms with Gasteiger partial charge in [-0.25, -0.2) is 4.79 Å². The van der Waals surface area contributed by atoms with E-state index in [-0.39, 0.29) is 6.09 Å². The number of carbonyl (C=O) groups excluding carboxylic acids is 1. The molecule has 0 aromatic heterocycles. The molecule has 0 saturated heterocycles. The van der Waals surface area contributed by atoms with Crippen molar-refractivity contribution in [3.05, 3.63) is 65.7 Å². The summed E-state index contributed by atoms with van der Waals surface area (Å²) in [5.41, 5.74) is 6.24. The van der Waals surface area contributed by atoms with Crippen LogP contribution in [0.2, 0.25) is 0 Å². The molecule has 0 aliphatic heterocycles. The Morgan fingerprint density at radius 3 is 2.86 bits per heavy atom. The van der Waals surface area contributed by atoms with Crippen LogP contribution in [0.15, 0.2) is 42.5 Å². The maximum absolute atomic E-state index is 11.6. The first-order chi connectivity index (χ1) is 10.8. The van der Waals surface area contributed by atoms with Crippen LogP contribution in [0.3, 0.4) is 0 Å². The van der Waals surface area contributed by atoms with Crippen molar-refractivity contribution in [3.63, 3.8) is 0 Å². The Bertz CT molecular complexity index is 679. The zero-order valence-corrected chi connectivity index (χ0v) is 12.8. The van der Waals surface area contributed by atoms with Crippen molar-refractivity contribution >= 4 is 6.09 Å². The highest BCUT2D eigenvalue weighted by atomic mass is 16.5. The summed E-state index contributed by atoms with van der Waals surface area (Å²) >= 11 is 0. The number of alkyl carbamates (subject to hydrolysis) is 1. The Hall–Kier alpha value is -2.29. The Morgan fingerprint density at radius 1 is 1.18 bits per heavy atom. The molecule has 1 aliphatic carbocycles. The molecule has 1 radical (unpaired) electrons. The average molecular weight is 294 g/mol. The standard InChI is InChI=1S/C19H20NO2/c1-2-3-11-20-19(21)22-13-15-8-6-10-17-16-9-5-4-7-14(16)12-18(15)17/h4-11H,2-3,12-13H2,1H3,(H,20,21). The predicted octanol–water partition coefficient (Wildman–Crippen LogP) is 4.45. The lowest BCUT2D eigenvalue weighted by molar-refractivity contribution is 0.141. The van der Waals surface area contributed by atoms with Crippen LogP contribution in [0.4, 0.5) is 4.79 Å². The first kappa shape index (κ1) is 14.6. The van der Waals surface area contributed by atoms with Crippen LogP contribution >= 0.6 is 0 Å². The van der Waals surface area contributed by atoms with E-state index in [4.69, 9.17) is 4.74 Å². The fourth-order valence-electron chi connectivity index (χ4n) is 2.84. The topological polar surface area (TPSA) is 38.3 Å². The highest BCUT2D eigenvalue weighted by molar-refractivity contribution is 5.78. The highest BCUT2D eigenvalue weighted by Gasteiger charge is 2.20. The van der Waals surface area contributed by atoms with E-state index in [0.717, 1.165) is 24.8 Å². The summed E-state index contributed by atoms with van der Waals surface area (Å²) in [5.74, 6) is 0. The van der Waals surface area contributed by atoms with Crippen LogP contribution in [0.5, 0.6) is 0 Å². The molecule has 0 atom stereocenters. The minimum absolute atomic E-state index is 0.308. The van der Waals surface area contributed by atoms with Gasteiger partial charge in [0.25, 0.3) is 0 Å². The molecule has 0 fully saturated rings. The van der Waals surface area contributed by atoms with Crippen molar-refractivity contribution in [2.45, 2.75) is 32.8 Å². The smallest absolute Gasteiger partial charge is 0.407 e. The largest absolute Gasteiger partial charge is 0.445 e. The quantitative estimate of drug-likeness (QED) is 0.706. The van der Waals surface area contributed by atoms with Gasteiger partial charge in [-0.2, -0.15) is 0 Å². The molecule has 1 N–H and O–H groups in total. The molecule has 0 spiro atoms. The second kappa shape index (κ2) is 6.65. The summed E-state index contributed by atoms with van der Waals surface area (Å²) in [6.07, 6.45) is 2.38. The molecular formula is C19H20NO2. The van der Waals surface area contributed by atoms with E-state index in [9.17, 15) is 4.79 Å². The Labute approximate surface area is 131 Å². The average Bonchev–Trinajstić information content (AvgIpc) is 2.92. The molecule has 113 valence electrons. The van der Waals surface area contributed by atoms with Crippen LogP contribution in [0.25, 0.3) is 11.1 Å². The normalized spacial score (nSPS) is 11.7. The van der Waals surface area contributed by atoms with Gasteiger partial charge >= 0.3 is 6.09 Å². The van der Waals surface area contributed by atoms with Crippen molar-refractivity contribution in [3.8, 4) is 11.1 Å². The number of unbranched alkanes of at least 4 members (excludes halogenated alkanes) is 1. The van der Waals surface area contributed by atoms with Gasteiger partial charge in [0, 0.05) is 0 Å². The lowest BCUT2D eigenvalue weighted by Gasteiger charge is -2.10. The molecule has 3 rings (SSSR count). The van der Waals surface area contributed by atoms with E-state index in [1.165, 1.54) is 22.3 Å². The number of fused-ring (bicyclic) bond motifs is 3. The lowest BCUT2D eigenvalue weighted by atomic mass is 10.0. The van der Waals surface area contributed by atoms with Gasteiger partial charge in [-0.3, -0.25) is 0 Å². The number of benzene rings is 2. The Balaban J connectivity index is 1.68. The van der Waals surface area contributed by atoms with E-state index in [1.807, 2.05) is 12.1 Å². The van der Waals surface area contributed by atoms with Gasteiger partial charge in [0.05, 0.1) is 6.54 Å². The third-order valence-corrected chi connectivity index (χ3v) is 3.96. The van der Waals surface area contributed by atoms with Crippen molar-refractivity contribution in [2.75, 3.05) is 0 Å². The van der Waals surface area contributed by atoms with Crippen molar-refractivity contribution in [1.29, 1.82) is 0 Å². The van der Waals surface area contributed by atoms with Gasteiger partial charge < -0.3 is 10.1 Å². The summed E-state index contributed by atoms with van der Waals surface area (Å²) < 4.78 is 5.32. The molecule has 2 aromatic carbocycles. The van der Waals surface area contributed by atoms with Crippen molar-refractivity contribution < 1.29 is 9.53 Å². The Morgan fingerprint density at radius 2 is 2.00 bits per heavy atom. The SMILES string of the molecule is CCC[CH]NC(=O)OCc1cccc2c1Cc1ccccc1-2. The van der Waals surface area contributed by atoms with E-state index in [2.05, 4.69) is 42.6 Å². The number of hydrogen-bond acceptors (Lipinski definition) is 2. The summed E-state index contributed by atoms with van der Waals surface area (Å²) in [5, 5.41) is 2.65. The summed E-state index contributed by atoms with van der Waals surface area (Å²) in [6, 6.07) is 14.6. The molecule has 3 nitrogen and oxygen atoms in total. The van der Waals surface area contributed by atoms with Crippen LogP contribution in [-0.2, 0) is 17.8 Å². The van der Waals surface area contributed by atoms with E-state index in [0.29, 0.717) is 6.61 Å². The monoisotopic (exact) mass is 294 g/mol. The third-order valence-electron chi connectivity index (χ3n) is 3.96. The number of amides is 1. The maximum atomic E-state index is 11.6. The van der Waals surface area contributed by atoms with Crippen LogP contribution in [0, 0.1) is 6.54 Å². The van der Waals surface area contributed by atoms with Gasteiger partial charge in [-0.1, -0.05) is 55.8 Å². The van der Waals surface area contributed by atoms with Gasteiger partial charge in [0.2, 0.25) is 0 Å². The minimum atomic E-state index is -0.387. The summed E-state index contributed by atoms with van der Waals surface area (Å²) in [6.45, 7) is 4.12. The minimum Gasteiger partial charge on any atom is -0.445 e. The second-order valence-electron chi connectivity index (χ2n) is 5.49. The van der Waals surface area contributed by atoms with Crippen LogP contribution in [-0.4, -0.2) is 6.09 Å². The van der Waals surface area contributed by atoms with Crippen molar-refractivity contribution in [2.24, 2.45) is 0 Å². The molecule has 0 heterocycles. The Kier molecular flexibility index (Phi) is 4.42. The number of hydrogen-bond donors (Lipinski definition) is 1. The molecule has 22 heavy (non-hydrogen) atoms. The molecule has 2 aromatic rings. The number of carbonyl (C=O) groups is 1. The van der Waals surface area contributed by atoms with Gasteiger partial charge in [-0.15, -0.1) is 0 Å². The first-order valence-corrected chi connectivity index (χ1v) is 7.73. The molecule has 1 aliphatic rings. The molecule has 0 saturated carbocycles. The van der Waals surface area contributed by atoms with E-state index >= 15 is 0 Å². The number of rotatable bonds is 5. The fraction of sp³-hybridized carbons (Fsp3) is 0.263. The molecular weight excluding hydrogens is 274 g/mol. The second-order valence-corrected chi connectivity index (χ2v) is 5.49. The van der Waals surface area contributed by atoms with Crippen LogP contribution < -0.4 is 5.32 Å².